The fourth-order valence-electron chi connectivity index (χ4n) is 3.79. The molecule has 1 aliphatic heterocycles. The summed E-state index contributed by atoms with van der Waals surface area (Å²) in [6.45, 7) is 1.99. The molecule has 3 aromatic rings. The number of nitrogens with zero attached hydrogens (tertiary/aromatic N) is 2. The van der Waals surface area contributed by atoms with Gasteiger partial charge in [0.1, 0.15) is 5.82 Å². The van der Waals surface area contributed by atoms with Gasteiger partial charge in [0.25, 0.3) is 5.91 Å². The lowest BCUT2D eigenvalue weighted by Crippen LogP contribution is -2.42. The standard InChI is InChI=1S/C26H25FN4O2/c1-17-4-8-19(9-5-17)24-23(28-25(32)20-10-12-21(27)13-11-20)26(33)29-31(24)16-18-6-14-22(15-7-18)30(2)3/h4-16,23-24H,1-3H3,(H-,28,29,32,33)/p+1/t23-,24+/m1/s1. The Labute approximate surface area is 192 Å². The molecule has 1 saturated heterocycles. The van der Waals surface area contributed by atoms with Gasteiger partial charge < -0.3 is 10.2 Å². The molecular weight excluding hydrogens is 419 g/mol. The van der Waals surface area contributed by atoms with Crippen LogP contribution in [-0.2, 0) is 4.79 Å². The van der Waals surface area contributed by atoms with Crippen LogP contribution >= 0.6 is 0 Å². The highest BCUT2D eigenvalue weighted by molar-refractivity contribution is 5.98. The van der Waals surface area contributed by atoms with E-state index in [0.717, 1.165) is 22.4 Å². The molecule has 6 nitrogen and oxygen atoms in total. The molecule has 3 aromatic carbocycles. The number of rotatable bonds is 5. The van der Waals surface area contributed by atoms with Gasteiger partial charge in [-0.15, -0.1) is 10.1 Å². The van der Waals surface area contributed by atoms with Gasteiger partial charge in [-0.1, -0.05) is 29.8 Å². The second-order valence-electron chi connectivity index (χ2n) is 8.31. The van der Waals surface area contributed by atoms with E-state index in [1.54, 1.807) is 4.68 Å². The molecule has 0 saturated carbocycles. The van der Waals surface area contributed by atoms with Crippen molar-refractivity contribution in [2.75, 3.05) is 19.0 Å². The molecule has 168 valence electrons. The zero-order valence-electron chi connectivity index (χ0n) is 18.7. The van der Waals surface area contributed by atoms with Crippen LogP contribution in [0.4, 0.5) is 10.1 Å². The minimum Gasteiger partial charge on any atom is -0.378 e. The van der Waals surface area contributed by atoms with E-state index in [1.165, 1.54) is 24.3 Å². The molecule has 2 amide bonds. The molecule has 0 unspecified atom stereocenters. The summed E-state index contributed by atoms with van der Waals surface area (Å²) in [7, 11) is 3.95. The number of halogens is 1. The first-order valence-corrected chi connectivity index (χ1v) is 10.7. The van der Waals surface area contributed by atoms with Gasteiger partial charge in [0, 0.05) is 36.5 Å². The van der Waals surface area contributed by atoms with E-state index in [9.17, 15) is 14.0 Å². The van der Waals surface area contributed by atoms with Crippen molar-refractivity contribution >= 4 is 23.7 Å². The topological polar surface area (TPSA) is 64.5 Å². The van der Waals surface area contributed by atoms with E-state index in [4.69, 9.17) is 0 Å². The van der Waals surface area contributed by atoms with Crippen LogP contribution in [0, 0.1) is 12.7 Å². The average Bonchev–Trinajstić information content (AvgIpc) is 3.09. The monoisotopic (exact) mass is 445 g/mol. The normalized spacial score (nSPS) is 18.8. The second-order valence-corrected chi connectivity index (χ2v) is 8.31. The van der Waals surface area contributed by atoms with E-state index < -0.39 is 23.8 Å². The zero-order valence-corrected chi connectivity index (χ0v) is 18.7. The second kappa shape index (κ2) is 9.24. The molecular formula is C26H26FN4O2+. The van der Waals surface area contributed by atoms with Gasteiger partial charge in [0.2, 0.25) is 12.3 Å². The number of hydrogen-bond acceptors (Lipinski definition) is 3. The Hall–Kier alpha value is -4.00. The number of carbonyl (C=O) groups is 2. The van der Waals surface area contributed by atoms with Crippen LogP contribution in [-0.4, -0.2) is 42.9 Å². The fourth-order valence-corrected chi connectivity index (χ4v) is 3.79. The highest BCUT2D eigenvalue weighted by Crippen LogP contribution is 2.26. The lowest BCUT2D eigenvalue weighted by molar-refractivity contribution is -0.596. The van der Waals surface area contributed by atoms with Crippen LogP contribution in [0.25, 0.3) is 0 Å². The van der Waals surface area contributed by atoms with Crippen molar-refractivity contribution in [3.8, 4) is 0 Å². The first-order chi connectivity index (χ1) is 15.8. The summed E-state index contributed by atoms with van der Waals surface area (Å²) in [4.78, 5) is 27.8. The molecule has 0 aliphatic carbocycles. The third-order valence-electron chi connectivity index (χ3n) is 5.65. The van der Waals surface area contributed by atoms with Crippen molar-refractivity contribution in [3.05, 3.63) is 101 Å². The van der Waals surface area contributed by atoms with E-state index in [1.807, 2.05) is 80.7 Å². The molecule has 1 heterocycles. The average molecular weight is 446 g/mol. The van der Waals surface area contributed by atoms with E-state index in [-0.39, 0.29) is 11.5 Å². The summed E-state index contributed by atoms with van der Waals surface area (Å²) in [6, 6.07) is 19.7. The van der Waals surface area contributed by atoms with Gasteiger partial charge in [0.15, 0.2) is 6.04 Å². The maximum atomic E-state index is 13.3. The molecule has 33 heavy (non-hydrogen) atoms. The fraction of sp³-hybridized carbons (Fsp3) is 0.192. The van der Waals surface area contributed by atoms with Crippen molar-refractivity contribution in [2.45, 2.75) is 19.0 Å². The summed E-state index contributed by atoms with van der Waals surface area (Å²) in [6.07, 6.45) is 1.85. The number of anilines is 1. The quantitative estimate of drug-likeness (QED) is 0.593. The molecule has 2 N–H and O–H groups in total. The predicted molar refractivity (Wildman–Crippen MR) is 126 cm³/mol. The molecule has 1 fully saturated rings. The van der Waals surface area contributed by atoms with Gasteiger partial charge in [0.05, 0.1) is 0 Å². The third kappa shape index (κ3) is 4.92. The Kier molecular flexibility index (Phi) is 6.22. The highest BCUT2D eigenvalue weighted by atomic mass is 19.1. The minimum absolute atomic E-state index is 0.286. The molecule has 2 atom stereocenters. The molecule has 7 heteroatoms. The Bertz CT molecular complexity index is 1190. The Morgan fingerprint density at radius 3 is 2.24 bits per heavy atom. The lowest BCUT2D eigenvalue weighted by Gasteiger charge is -2.15. The third-order valence-corrected chi connectivity index (χ3v) is 5.65. The maximum absolute atomic E-state index is 13.3. The molecule has 0 aromatic heterocycles. The van der Waals surface area contributed by atoms with E-state index >= 15 is 0 Å². The minimum atomic E-state index is -0.831. The van der Waals surface area contributed by atoms with Crippen LogP contribution in [0.2, 0.25) is 0 Å². The van der Waals surface area contributed by atoms with Crippen molar-refractivity contribution < 1.29 is 18.7 Å². The molecule has 1 aliphatic rings. The van der Waals surface area contributed by atoms with Crippen LogP contribution in [0.15, 0.2) is 72.8 Å². The first kappa shape index (κ1) is 22.2. The maximum Gasteiger partial charge on any atom is 0.304 e. The van der Waals surface area contributed by atoms with Crippen molar-refractivity contribution in [3.63, 3.8) is 0 Å². The molecule has 0 spiro atoms. The smallest absolute Gasteiger partial charge is 0.304 e. The number of hydrogen-bond donors (Lipinski definition) is 2. The number of hydrazine groups is 1. The number of hydrazone groups is 1. The van der Waals surface area contributed by atoms with Crippen molar-refractivity contribution in [1.29, 1.82) is 0 Å². The molecule has 4 rings (SSSR count). The summed E-state index contributed by atoms with van der Waals surface area (Å²) in [5.41, 5.74) is 7.11. The first-order valence-electron chi connectivity index (χ1n) is 10.7. The summed E-state index contributed by atoms with van der Waals surface area (Å²) < 4.78 is 15.0. The highest BCUT2D eigenvalue weighted by Gasteiger charge is 2.47. The van der Waals surface area contributed by atoms with Crippen LogP contribution in [0.1, 0.15) is 33.1 Å². The largest absolute Gasteiger partial charge is 0.378 e. The van der Waals surface area contributed by atoms with Gasteiger partial charge in [-0.3, -0.25) is 9.59 Å². The zero-order chi connectivity index (χ0) is 23.5. The Balaban J connectivity index is 1.68. The summed E-state index contributed by atoms with van der Waals surface area (Å²) in [5.74, 6) is -1.19. The van der Waals surface area contributed by atoms with Gasteiger partial charge in [-0.05, 0) is 55.5 Å². The van der Waals surface area contributed by atoms with Crippen LogP contribution < -0.4 is 15.6 Å². The number of nitrogens with one attached hydrogen (secondary N) is 2. The Morgan fingerprint density at radius 2 is 1.64 bits per heavy atom. The van der Waals surface area contributed by atoms with Gasteiger partial charge >= 0.3 is 5.91 Å². The lowest BCUT2D eigenvalue weighted by atomic mass is 9.98. The number of carbonyl (C=O) groups excluding carboxylic acids is 2. The number of benzene rings is 3. The van der Waals surface area contributed by atoms with Crippen LogP contribution in [0.3, 0.4) is 0 Å². The van der Waals surface area contributed by atoms with Crippen LogP contribution in [0.5, 0.6) is 0 Å². The molecule has 0 radical (unpaired) electrons. The molecule has 0 bridgehead atoms. The summed E-state index contributed by atoms with van der Waals surface area (Å²) in [5, 5.41) is 2.83. The number of amides is 2. The van der Waals surface area contributed by atoms with Crippen molar-refractivity contribution in [1.82, 2.24) is 10.7 Å². The van der Waals surface area contributed by atoms with E-state index in [2.05, 4.69) is 10.7 Å². The van der Waals surface area contributed by atoms with E-state index in [0.29, 0.717) is 0 Å². The van der Waals surface area contributed by atoms with Gasteiger partial charge in [-0.2, -0.15) is 0 Å². The number of aryl methyl sites for hydroxylation is 1. The van der Waals surface area contributed by atoms with Gasteiger partial charge in [-0.25, -0.2) is 4.39 Å². The SMILES string of the molecule is Cc1ccc([C@H]2[C@@H](NC(=O)c3ccc(F)cc3)C(=O)N/[N+]2=C\c2ccc(N(C)C)cc2)cc1. The summed E-state index contributed by atoms with van der Waals surface area (Å²) >= 11 is 0. The predicted octanol–water partition coefficient (Wildman–Crippen LogP) is 3.22. The van der Waals surface area contributed by atoms with Crippen molar-refractivity contribution in [2.24, 2.45) is 0 Å². The Morgan fingerprint density at radius 1 is 1.00 bits per heavy atom.